The molecule has 1 aromatic heterocycles. The van der Waals surface area contributed by atoms with Crippen LogP contribution in [0.2, 0.25) is 0 Å². The van der Waals surface area contributed by atoms with Gasteiger partial charge in [0.2, 0.25) is 0 Å². The first-order valence-corrected chi connectivity index (χ1v) is 10.3. The third-order valence-corrected chi connectivity index (χ3v) is 4.87. The van der Waals surface area contributed by atoms with E-state index in [1.54, 1.807) is 13.4 Å². The molecule has 0 saturated carbocycles. The van der Waals surface area contributed by atoms with Crippen LogP contribution >= 0.6 is 0 Å². The SMILES string of the molecule is CCNC(=NCCCOCc1ccco1)N1CCN(c2ccccc2OC)CC1. The summed E-state index contributed by atoms with van der Waals surface area (Å²) in [4.78, 5) is 9.50. The van der Waals surface area contributed by atoms with Crippen LogP contribution in [0.25, 0.3) is 0 Å². The molecule has 1 aromatic carbocycles. The molecule has 0 aliphatic carbocycles. The Morgan fingerprint density at radius 3 is 2.69 bits per heavy atom. The lowest BCUT2D eigenvalue weighted by Crippen LogP contribution is -2.52. The zero-order valence-corrected chi connectivity index (χ0v) is 17.5. The second kappa shape index (κ2) is 11.4. The highest BCUT2D eigenvalue weighted by Gasteiger charge is 2.21. The van der Waals surface area contributed by atoms with Crippen LogP contribution in [0, 0.1) is 0 Å². The molecule has 1 saturated heterocycles. The number of methoxy groups -OCH3 is 1. The molecule has 1 aliphatic heterocycles. The van der Waals surface area contributed by atoms with Gasteiger partial charge >= 0.3 is 0 Å². The maximum atomic E-state index is 5.63. The molecule has 29 heavy (non-hydrogen) atoms. The van der Waals surface area contributed by atoms with E-state index in [4.69, 9.17) is 18.9 Å². The number of nitrogens with one attached hydrogen (secondary N) is 1. The molecule has 158 valence electrons. The number of rotatable bonds is 9. The summed E-state index contributed by atoms with van der Waals surface area (Å²) < 4.78 is 16.4. The van der Waals surface area contributed by atoms with Gasteiger partial charge in [0, 0.05) is 45.9 Å². The van der Waals surface area contributed by atoms with Crippen LogP contribution in [0.1, 0.15) is 19.1 Å². The Kier molecular flexibility index (Phi) is 8.25. The number of para-hydroxylation sites is 2. The number of hydrogen-bond donors (Lipinski definition) is 1. The molecule has 2 aromatic rings. The highest BCUT2D eigenvalue weighted by molar-refractivity contribution is 5.80. The Labute approximate surface area is 173 Å². The maximum absolute atomic E-state index is 5.63. The van der Waals surface area contributed by atoms with Crippen molar-refractivity contribution in [1.29, 1.82) is 0 Å². The molecule has 3 rings (SSSR count). The molecule has 0 spiro atoms. The summed E-state index contributed by atoms with van der Waals surface area (Å²) in [6.45, 7) is 8.64. The van der Waals surface area contributed by atoms with E-state index in [1.807, 2.05) is 24.3 Å². The number of anilines is 1. The summed E-state index contributed by atoms with van der Waals surface area (Å²) in [5.41, 5.74) is 1.16. The van der Waals surface area contributed by atoms with Gasteiger partial charge in [0.05, 0.1) is 19.1 Å². The van der Waals surface area contributed by atoms with Gasteiger partial charge in [-0.1, -0.05) is 12.1 Å². The van der Waals surface area contributed by atoms with Crippen LogP contribution in [-0.2, 0) is 11.3 Å². The molecular weight excluding hydrogens is 368 g/mol. The average molecular weight is 401 g/mol. The fourth-order valence-corrected chi connectivity index (χ4v) is 3.40. The Morgan fingerprint density at radius 1 is 1.14 bits per heavy atom. The molecule has 0 unspecified atom stereocenters. The summed E-state index contributed by atoms with van der Waals surface area (Å²) in [5, 5.41) is 3.42. The van der Waals surface area contributed by atoms with Crippen LogP contribution in [0.15, 0.2) is 52.1 Å². The van der Waals surface area contributed by atoms with Gasteiger partial charge in [-0.3, -0.25) is 4.99 Å². The number of benzene rings is 1. The Bertz CT molecular complexity index is 740. The lowest BCUT2D eigenvalue weighted by atomic mass is 10.2. The van der Waals surface area contributed by atoms with Gasteiger partial charge in [-0.05, 0) is 37.6 Å². The Balaban J connectivity index is 1.45. The summed E-state index contributed by atoms with van der Waals surface area (Å²) >= 11 is 0. The second-order valence-corrected chi connectivity index (χ2v) is 6.87. The van der Waals surface area contributed by atoms with Crippen molar-refractivity contribution < 1.29 is 13.9 Å². The molecule has 1 aliphatic rings. The summed E-state index contributed by atoms with van der Waals surface area (Å²) in [6.07, 6.45) is 2.55. The fraction of sp³-hybridized carbons (Fsp3) is 0.500. The number of hydrogen-bond acceptors (Lipinski definition) is 5. The minimum absolute atomic E-state index is 0.516. The van der Waals surface area contributed by atoms with E-state index in [0.717, 1.165) is 68.8 Å². The van der Waals surface area contributed by atoms with Gasteiger partial charge in [0.1, 0.15) is 18.1 Å². The molecule has 7 heteroatoms. The molecule has 0 radical (unpaired) electrons. The molecule has 0 atom stereocenters. The largest absolute Gasteiger partial charge is 0.495 e. The minimum atomic E-state index is 0.516. The van der Waals surface area contributed by atoms with E-state index in [2.05, 4.69) is 34.2 Å². The molecule has 7 nitrogen and oxygen atoms in total. The molecule has 0 amide bonds. The third kappa shape index (κ3) is 6.15. The van der Waals surface area contributed by atoms with Crippen molar-refractivity contribution in [2.45, 2.75) is 20.0 Å². The van der Waals surface area contributed by atoms with E-state index in [-0.39, 0.29) is 0 Å². The minimum Gasteiger partial charge on any atom is -0.495 e. The first-order chi connectivity index (χ1) is 14.3. The van der Waals surface area contributed by atoms with E-state index in [0.29, 0.717) is 13.2 Å². The van der Waals surface area contributed by atoms with Crippen molar-refractivity contribution in [3.63, 3.8) is 0 Å². The first-order valence-electron chi connectivity index (χ1n) is 10.3. The lowest BCUT2D eigenvalue weighted by molar-refractivity contribution is 0.105. The zero-order valence-electron chi connectivity index (χ0n) is 17.5. The van der Waals surface area contributed by atoms with Crippen molar-refractivity contribution in [2.75, 3.05) is 57.9 Å². The number of guanidine groups is 1. The molecule has 2 heterocycles. The van der Waals surface area contributed by atoms with Gasteiger partial charge in [-0.25, -0.2) is 0 Å². The Hall–Kier alpha value is -2.67. The smallest absolute Gasteiger partial charge is 0.194 e. The Morgan fingerprint density at radius 2 is 1.97 bits per heavy atom. The predicted molar refractivity (Wildman–Crippen MR) is 116 cm³/mol. The van der Waals surface area contributed by atoms with E-state index in [1.165, 1.54) is 0 Å². The lowest BCUT2D eigenvalue weighted by Gasteiger charge is -2.38. The topological polar surface area (TPSA) is 62.5 Å². The zero-order chi connectivity index (χ0) is 20.3. The normalized spacial score (nSPS) is 14.9. The molecule has 1 N–H and O–H groups in total. The summed E-state index contributed by atoms with van der Waals surface area (Å²) in [6, 6.07) is 12.0. The highest BCUT2D eigenvalue weighted by Crippen LogP contribution is 2.28. The molecular formula is C22H32N4O3. The predicted octanol–water partition coefficient (Wildman–Crippen LogP) is 2.98. The van der Waals surface area contributed by atoms with Gasteiger partial charge in [-0.2, -0.15) is 0 Å². The number of furan rings is 1. The van der Waals surface area contributed by atoms with Crippen LogP contribution in [0.3, 0.4) is 0 Å². The molecule has 1 fully saturated rings. The van der Waals surface area contributed by atoms with Crippen molar-refractivity contribution in [3.05, 3.63) is 48.4 Å². The first kappa shape index (κ1) is 21.0. The van der Waals surface area contributed by atoms with Crippen LogP contribution in [0.4, 0.5) is 5.69 Å². The summed E-state index contributed by atoms with van der Waals surface area (Å²) in [7, 11) is 1.73. The third-order valence-electron chi connectivity index (χ3n) is 4.87. The monoisotopic (exact) mass is 400 g/mol. The average Bonchev–Trinajstić information content (AvgIpc) is 3.29. The number of ether oxygens (including phenoxy) is 2. The standard InChI is InChI=1S/C22H32N4O3/c1-3-23-22(24-11-7-16-28-18-19-8-6-17-29-19)26-14-12-25(13-15-26)20-9-4-5-10-21(20)27-2/h4-6,8-10,17H,3,7,11-16,18H2,1-2H3,(H,23,24). The van der Waals surface area contributed by atoms with E-state index in [9.17, 15) is 0 Å². The quantitative estimate of drug-likeness (QED) is 0.397. The highest BCUT2D eigenvalue weighted by atomic mass is 16.5. The number of nitrogens with zero attached hydrogens (tertiary/aromatic N) is 3. The van der Waals surface area contributed by atoms with Crippen molar-refractivity contribution in [2.24, 2.45) is 4.99 Å². The fourth-order valence-electron chi connectivity index (χ4n) is 3.40. The van der Waals surface area contributed by atoms with Crippen LogP contribution in [0.5, 0.6) is 5.75 Å². The van der Waals surface area contributed by atoms with E-state index < -0.39 is 0 Å². The van der Waals surface area contributed by atoms with Gasteiger partial charge in [0.25, 0.3) is 0 Å². The van der Waals surface area contributed by atoms with Gasteiger partial charge < -0.3 is 29.0 Å². The molecule has 0 bridgehead atoms. The van der Waals surface area contributed by atoms with Crippen molar-refractivity contribution in [3.8, 4) is 5.75 Å². The van der Waals surface area contributed by atoms with Crippen LogP contribution in [-0.4, -0.2) is 63.8 Å². The van der Waals surface area contributed by atoms with Crippen molar-refractivity contribution in [1.82, 2.24) is 10.2 Å². The van der Waals surface area contributed by atoms with Crippen molar-refractivity contribution >= 4 is 11.6 Å². The summed E-state index contributed by atoms with van der Waals surface area (Å²) in [5.74, 6) is 2.77. The number of piperazine rings is 1. The maximum Gasteiger partial charge on any atom is 0.194 e. The second-order valence-electron chi connectivity index (χ2n) is 6.87. The van der Waals surface area contributed by atoms with Gasteiger partial charge in [0.15, 0.2) is 5.96 Å². The van der Waals surface area contributed by atoms with Gasteiger partial charge in [-0.15, -0.1) is 0 Å². The van der Waals surface area contributed by atoms with Crippen LogP contribution < -0.4 is 15.0 Å². The van der Waals surface area contributed by atoms with E-state index >= 15 is 0 Å². The number of aliphatic imine (C=N–C) groups is 1.